The average Bonchev–Trinajstić information content (AvgIpc) is 2.31. The zero-order chi connectivity index (χ0) is 10.5. The summed E-state index contributed by atoms with van der Waals surface area (Å²) in [5.41, 5.74) is 6.78. The minimum atomic E-state index is 0.495. The van der Waals surface area contributed by atoms with E-state index in [9.17, 15) is 0 Å². The Labute approximate surface area is 90.3 Å². The van der Waals surface area contributed by atoms with Crippen LogP contribution < -0.4 is 11.1 Å². The van der Waals surface area contributed by atoms with Gasteiger partial charge in [-0.1, -0.05) is 12.8 Å². The van der Waals surface area contributed by atoms with Crippen LogP contribution in [0.4, 0.5) is 5.69 Å². The van der Waals surface area contributed by atoms with Crippen molar-refractivity contribution in [1.29, 1.82) is 0 Å². The summed E-state index contributed by atoms with van der Waals surface area (Å²) in [4.78, 5) is 7.99. The Morgan fingerprint density at radius 2 is 2.00 bits per heavy atom. The molecule has 15 heavy (non-hydrogen) atoms. The highest BCUT2D eigenvalue weighted by Gasteiger charge is 2.23. The van der Waals surface area contributed by atoms with Crippen molar-refractivity contribution >= 4 is 5.69 Å². The van der Waals surface area contributed by atoms with Crippen LogP contribution in [0, 0.1) is 5.92 Å². The maximum absolute atomic E-state index is 5.78. The number of rotatable bonds is 3. The third-order valence-electron chi connectivity index (χ3n) is 3.12. The second-order valence-electron chi connectivity index (χ2n) is 4.16. The lowest BCUT2D eigenvalue weighted by Gasteiger charge is -2.31. The summed E-state index contributed by atoms with van der Waals surface area (Å²) in [5, 5.41) is 3.48. The molecule has 1 aliphatic carbocycles. The Kier molecular flexibility index (Phi) is 3.50. The van der Waals surface area contributed by atoms with Crippen LogP contribution in [0.1, 0.15) is 25.7 Å². The molecule has 4 heteroatoms. The summed E-state index contributed by atoms with van der Waals surface area (Å²) in [6.45, 7) is 0.769. The molecule has 1 fully saturated rings. The molecule has 0 radical (unpaired) electrons. The number of nitrogens with zero attached hydrogens (tertiary/aromatic N) is 2. The third kappa shape index (κ3) is 2.65. The van der Waals surface area contributed by atoms with Gasteiger partial charge in [0.2, 0.25) is 0 Å². The van der Waals surface area contributed by atoms with Gasteiger partial charge >= 0.3 is 0 Å². The van der Waals surface area contributed by atoms with Gasteiger partial charge in [0.25, 0.3) is 0 Å². The fourth-order valence-corrected chi connectivity index (χ4v) is 2.27. The van der Waals surface area contributed by atoms with Gasteiger partial charge in [-0.05, 0) is 25.3 Å². The minimum Gasteiger partial charge on any atom is -0.379 e. The van der Waals surface area contributed by atoms with E-state index in [1.807, 2.05) is 12.4 Å². The number of nitrogens with two attached hydrogens (primary N) is 1. The smallest absolute Gasteiger partial charge is 0.115 e. The van der Waals surface area contributed by atoms with Crippen molar-refractivity contribution in [3.05, 3.63) is 18.7 Å². The molecule has 2 atom stereocenters. The molecular formula is C11H18N4. The summed E-state index contributed by atoms with van der Waals surface area (Å²) in [6.07, 6.45) is 10.2. The van der Waals surface area contributed by atoms with Crippen LogP contribution in [0.2, 0.25) is 0 Å². The summed E-state index contributed by atoms with van der Waals surface area (Å²) in [7, 11) is 0. The van der Waals surface area contributed by atoms with Gasteiger partial charge in [0, 0.05) is 6.04 Å². The molecule has 0 spiro atoms. The lowest BCUT2D eigenvalue weighted by molar-refractivity contribution is 0.332. The van der Waals surface area contributed by atoms with E-state index >= 15 is 0 Å². The van der Waals surface area contributed by atoms with Crippen molar-refractivity contribution < 1.29 is 0 Å². The molecule has 0 saturated heterocycles. The molecule has 4 nitrogen and oxygen atoms in total. The average molecular weight is 206 g/mol. The van der Waals surface area contributed by atoms with Crippen LogP contribution in [-0.4, -0.2) is 22.6 Å². The molecule has 82 valence electrons. The van der Waals surface area contributed by atoms with Crippen LogP contribution in [-0.2, 0) is 0 Å². The molecule has 1 aromatic rings. The summed E-state index contributed by atoms with van der Waals surface area (Å²) in [5.74, 6) is 0.596. The Morgan fingerprint density at radius 1 is 1.27 bits per heavy atom. The fraction of sp³-hybridized carbons (Fsp3) is 0.636. The first-order valence-electron chi connectivity index (χ1n) is 5.62. The lowest BCUT2D eigenvalue weighted by Crippen LogP contribution is -2.36. The Morgan fingerprint density at radius 3 is 2.73 bits per heavy atom. The van der Waals surface area contributed by atoms with Crippen molar-refractivity contribution in [2.24, 2.45) is 11.7 Å². The van der Waals surface area contributed by atoms with Gasteiger partial charge < -0.3 is 11.1 Å². The SMILES string of the molecule is NCC1CCCCC1Nc1cncnc1. The van der Waals surface area contributed by atoms with Crippen molar-refractivity contribution in [3.8, 4) is 0 Å². The van der Waals surface area contributed by atoms with E-state index in [2.05, 4.69) is 15.3 Å². The topological polar surface area (TPSA) is 63.8 Å². The van der Waals surface area contributed by atoms with Crippen LogP contribution >= 0.6 is 0 Å². The largest absolute Gasteiger partial charge is 0.379 e. The summed E-state index contributed by atoms with van der Waals surface area (Å²) >= 11 is 0. The molecule has 2 unspecified atom stereocenters. The molecule has 2 rings (SSSR count). The Balaban J connectivity index is 1.97. The number of hydrogen-bond acceptors (Lipinski definition) is 4. The van der Waals surface area contributed by atoms with E-state index in [-0.39, 0.29) is 0 Å². The van der Waals surface area contributed by atoms with Gasteiger partial charge in [-0.25, -0.2) is 9.97 Å². The van der Waals surface area contributed by atoms with E-state index in [4.69, 9.17) is 5.73 Å². The zero-order valence-corrected chi connectivity index (χ0v) is 8.89. The molecule has 0 aliphatic heterocycles. The van der Waals surface area contributed by atoms with Gasteiger partial charge in [0.15, 0.2) is 0 Å². The first kappa shape index (κ1) is 10.4. The van der Waals surface area contributed by atoms with Crippen LogP contribution in [0.5, 0.6) is 0 Å². The van der Waals surface area contributed by atoms with Crippen molar-refractivity contribution in [3.63, 3.8) is 0 Å². The molecule has 1 saturated carbocycles. The van der Waals surface area contributed by atoms with E-state index in [0.29, 0.717) is 12.0 Å². The number of hydrogen-bond donors (Lipinski definition) is 2. The first-order chi connectivity index (χ1) is 7.40. The van der Waals surface area contributed by atoms with E-state index in [1.54, 1.807) is 6.33 Å². The summed E-state index contributed by atoms with van der Waals surface area (Å²) in [6, 6.07) is 0.495. The second kappa shape index (κ2) is 5.07. The highest BCUT2D eigenvalue weighted by atomic mass is 15.0. The molecule has 0 amide bonds. The molecule has 0 aromatic carbocycles. The molecular weight excluding hydrogens is 188 g/mol. The normalized spacial score (nSPS) is 26.2. The van der Waals surface area contributed by atoms with Gasteiger partial charge in [-0.15, -0.1) is 0 Å². The Hall–Kier alpha value is -1.16. The fourth-order valence-electron chi connectivity index (χ4n) is 2.27. The van der Waals surface area contributed by atoms with Gasteiger partial charge in [0.1, 0.15) is 6.33 Å². The third-order valence-corrected chi connectivity index (χ3v) is 3.12. The molecule has 1 heterocycles. The molecule has 0 bridgehead atoms. The zero-order valence-electron chi connectivity index (χ0n) is 8.89. The van der Waals surface area contributed by atoms with Gasteiger partial charge in [-0.3, -0.25) is 0 Å². The van der Waals surface area contributed by atoms with Crippen LogP contribution in [0.15, 0.2) is 18.7 Å². The number of nitrogens with one attached hydrogen (secondary N) is 1. The standard InChI is InChI=1S/C11H18N4/c12-5-9-3-1-2-4-11(9)15-10-6-13-8-14-7-10/h6-9,11,15H,1-5,12H2. The number of anilines is 1. The highest BCUT2D eigenvalue weighted by molar-refractivity contribution is 5.38. The first-order valence-corrected chi connectivity index (χ1v) is 5.62. The maximum Gasteiger partial charge on any atom is 0.115 e. The van der Waals surface area contributed by atoms with Crippen LogP contribution in [0.25, 0.3) is 0 Å². The highest BCUT2D eigenvalue weighted by Crippen LogP contribution is 2.25. The molecule has 1 aromatic heterocycles. The van der Waals surface area contributed by atoms with Gasteiger partial charge in [-0.2, -0.15) is 0 Å². The Bertz CT molecular complexity index is 288. The molecule has 1 aliphatic rings. The van der Waals surface area contributed by atoms with Gasteiger partial charge in [0.05, 0.1) is 18.1 Å². The van der Waals surface area contributed by atoms with E-state index in [1.165, 1.54) is 25.7 Å². The monoisotopic (exact) mass is 206 g/mol. The van der Waals surface area contributed by atoms with E-state index < -0.39 is 0 Å². The second-order valence-corrected chi connectivity index (χ2v) is 4.16. The van der Waals surface area contributed by atoms with E-state index in [0.717, 1.165) is 12.2 Å². The molecule has 3 N–H and O–H groups in total. The number of aromatic nitrogens is 2. The van der Waals surface area contributed by atoms with Crippen molar-refractivity contribution in [1.82, 2.24) is 9.97 Å². The predicted molar refractivity (Wildman–Crippen MR) is 60.5 cm³/mol. The lowest BCUT2D eigenvalue weighted by atomic mass is 9.84. The summed E-state index contributed by atoms with van der Waals surface area (Å²) < 4.78 is 0. The quantitative estimate of drug-likeness (QED) is 0.784. The van der Waals surface area contributed by atoms with Crippen molar-refractivity contribution in [2.75, 3.05) is 11.9 Å². The van der Waals surface area contributed by atoms with Crippen LogP contribution in [0.3, 0.4) is 0 Å². The predicted octanol–water partition coefficient (Wildman–Crippen LogP) is 1.41. The maximum atomic E-state index is 5.78. The minimum absolute atomic E-state index is 0.495. The van der Waals surface area contributed by atoms with Crippen molar-refractivity contribution in [2.45, 2.75) is 31.7 Å².